The lowest BCUT2D eigenvalue weighted by atomic mass is 10.0. The second kappa shape index (κ2) is 15.3. The average Bonchev–Trinajstić information content (AvgIpc) is 4.06. The fraction of sp³-hybridized carbons (Fsp3) is 0.556. The molecule has 2 saturated carbocycles. The Bertz CT molecular complexity index is 1920. The lowest BCUT2D eigenvalue weighted by Gasteiger charge is -2.30. The summed E-state index contributed by atoms with van der Waals surface area (Å²) in [5.74, 6) is -2.50. The van der Waals surface area contributed by atoms with E-state index in [0.29, 0.717) is 43.4 Å². The summed E-state index contributed by atoms with van der Waals surface area (Å²) in [5.41, 5.74) is -0.940. The predicted molar refractivity (Wildman–Crippen MR) is 191 cm³/mol. The lowest BCUT2D eigenvalue weighted by Crippen LogP contribution is -2.58. The smallest absolute Gasteiger partial charge is 0.315 e. The summed E-state index contributed by atoms with van der Waals surface area (Å²) in [4.78, 5) is 74.9. The molecule has 7 rings (SSSR count). The van der Waals surface area contributed by atoms with Gasteiger partial charge in [0.15, 0.2) is 0 Å². The minimum absolute atomic E-state index is 0.0000880. The molecule has 0 radical (unpaired) electrons. The Morgan fingerprint density at radius 2 is 1.83 bits per heavy atom. The highest BCUT2D eigenvalue weighted by molar-refractivity contribution is 7.91. The first-order valence-electron chi connectivity index (χ1n) is 18.3. The number of allylic oxidation sites excluding steroid dienone is 1. The van der Waals surface area contributed by atoms with E-state index < -0.39 is 74.5 Å². The fourth-order valence-electron chi connectivity index (χ4n) is 7.29. The van der Waals surface area contributed by atoms with Gasteiger partial charge in [-0.3, -0.25) is 23.9 Å². The summed E-state index contributed by atoms with van der Waals surface area (Å²) in [6, 6.07) is 5.34. The molecule has 3 aliphatic heterocycles. The molecule has 5 atom stereocenters. The zero-order chi connectivity index (χ0) is 37.2. The second-order valence-corrected chi connectivity index (χ2v) is 16.3. The van der Waals surface area contributed by atoms with Crippen molar-refractivity contribution in [1.29, 1.82) is 0 Å². The molecule has 2 aliphatic carbocycles. The first-order chi connectivity index (χ1) is 25.5. The number of aromatic nitrogens is 1. The van der Waals surface area contributed by atoms with Crippen LogP contribution in [0.5, 0.6) is 5.75 Å². The Kier molecular flexibility index (Phi) is 10.6. The summed E-state index contributed by atoms with van der Waals surface area (Å²) in [6.07, 6.45) is 8.02. The normalized spacial score (nSPS) is 29.0. The summed E-state index contributed by atoms with van der Waals surface area (Å²) in [6.45, 7) is 0.739. The topological polar surface area (TPSA) is 214 Å². The van der Waals surface area contributed by atoms with Crippen molar-refractivity contribution in [1.82, 2.24) is 35.9 Å². The van der Waals surface area contributed by atoms with Gasteiger partial charge in [-0.2, -0.15) is 0 Å². The first kappa shape index (κ1) is 36.6. The first-order valence-corrected chi connectivity index (χ1v) is 19.9. The number of ether oxygens (including phenoxy) is 2. The van der Waals surface area contributed by atoms with Crippen molar-refractivity contribution in [2.45, 2.75) is 86.7 Å². The van der Waals surface area contributed by atoms with Gasteiger partial charge in [0.25, 0.3) is 11.8 Å². The number of pyridine rings is 1. The molecule has 5 N–H and O–H groups in total. The standard InChI is InChI=1S/C36H45N7O9S/c44-31-26-14-11-22-7-6-10-29(30(22)39-26)52-18-17-51-16-15-37-35(48)40-27-9-5-3-1-2-4-8-23-20-36(23,34(47)42-53(49,50)25-12-13-25)41-32(45)28-19-24(38-31)21-43(28)33(27)46/h4,6-8,10-11,14,23-25,27-28H,1-3,5,9,12-13,15-21H2,(H,38,44)(H,41,45)(H,42,47)(H2,37,40,48)/t23-,24-,27+,28+,36-/m1/s1. The van der Waals surface area contributed by atoms with E-state index in [9.17, 15) is 32.4 Å². The molecule has 284 valence electrons. The Balaban J connectivity index is 1.19. The van der Waals surface area contributed by atoms with Gasteiger partial charge >= 0.3 is 6.03 Å². The molecule has 53 heavy (non-hydrogen) atoms. The van der Waals surface area contributed by atoms with Gasteiger partial charge in [-0.1, -0.05) is 43.2 Å². The molecule has 5 aliphatic rings. The summed E-state index contributed by atoms with van der Waals surface area (Å²) < 4.78 is 39.3. The average molecular weight is 752 g/mol. The van der Waals surface area contributed by atoms with Gasteiger partial charge in [-0.05, 0) is 57.1 Å². The SMILES string of the molecule is O=C1NCCOCCOc2cccc3ccc(nc23)C(=O)N[C@@H]2C[C@H]3C(=O)N[C@]4(C(=O)NS(=O)(=O)C5CC5)C[C@H]4C=CCCCCC[C@H](N1)C(=O)N3C2. The van der Waals surface area contributed by atoms with E-state index in [1.165, 1.54) is 4.90 Å². The van der Waals surface area contributed by atoms with Crippen LogP contribution in [0.3, 0.4) is 0 Å². The zero-order valence-corrected chi connectivity index (χ0v) is 30.1. The predicted octanol–water partition coefficient (Wildman–Crippen LogP) is 1.01. The minimum atomic E-state index is -3.90. The maximum Gasteiger partial charge on any atom is 0.315 e. The summed E-state index contributed by atoms with van der Waals surface area (Å²) in [7, 11) is -3.90. The van der Waals surface area contributed by atoms with Crippen LogP contribution in [-0.4, -0.2) is 110 Å². The number of nitrogens with zero attached hydrogens (tertiary/aromatic N) is 2. The van der Waals surface area contributed by atoms with E-state index in [1.807, 2.05) is 24.3 Å². The monoisotopic (exact) mass is 751 g/mol. The second-order valence-electron chi connectivity index (χ2n) is 14.4. The van der Waals surface area contributed by atoms with Crippen LogP contribution in [0, 0.1) is 5.92 Å². The highest BCUT2D eigenvalue weighted by atomic mass is 32.2. The molecule has 2 aromatic rings. The van der Waals surface area contributed by atoms with Crippen LogP contribution >= 0.6 is 0 Å². The molecular weight excluding hydrogens is 707 g/mol. The molecule has 4 heterocycles. The summed E-state index contributed by atoms with van der Waals surface area (Å²) in [5, 5.41) is 11.4. The van der Waals surface area contributed by atoms with Crippen molar-refractivity contribution < 1.29 is 41.9 Å². The number of nitrogens with one attached hydrogen (secondary N) is 5. The number of benzene rings is 1. The number of urea groups is 1. The van der Waals surface area contributed by atoms with Crippen LogP contribution in [0.15, 0.2) is 42.5 Å². The van der Waals surface area contributed by atoms with E-state index in [1.54, 1.807) is 18.2 Å². The van der Waals surface area contributed by atoms with Gasteiger partial charge in [0.1, 0.15) is 41.2 Å². The van der Waals surface area contributed by atoms with Crippen molar-refractivity contribution in [2.24, 2.45) is 5.92 Å². The van der Waals surface area contributed by atoms with Crippen molar-refractivity contribution in [3.8, 4) is 5.75 Å². The molecule has 16 nitrogen and oxygen atoms in total. The molecule has 1 aromatic carbocycles. The number of amides is 6. The van der Waals surface area contributed by atoms with Crippen molar-refractivity contribution in [3.05, 3.63) is 48.2 Å². The number of rotatable bonds is 3. The van der Waals surface area contributed by atoms with Gasteiger partial charge in [-0.15, -0.1) is 0 Å². The minimum Gasteiger partial charge on any atom is -0.489 e. The fourth-order valence-corrected chi connectivity index (χ4v) is 8.65. The van der Waals surface area contributed by atoms with Crippen LogP contribution in [0.1, 0.15) is 68.3 Å². The zero-order valence-electron chi connectivity index (χ0n) is 29.3. The third-order valence-corrected chi connectivity index (χ3v) is 12.3. The van der Waals surface area contributed by atoms with Crippen LogP contribution < -0.4 is 30.7 Å². The van der Waals surface area contributed by atoms with Gasteiger partial charge < -0.3 is 35.6 Å². The van der Waals surface area contributed by atoms with E-state index in [4.69, 9.17) is 9.47 Å². The van der Waals surface area contributed by atoms with E-state index in [-0.39, 0.29) is 51.4 Å². The molecular formula is C36H45N7O9S. The van der Waals surface area contributed by atoms with E-state index in [0.717, 1.165) is 18.2 Å². The summed E-state index contributed by atoms with van der Waals surface area (Å²) >= 11 is 0. The molecule has 1 saturated heterocycles. The third-order valence-electron chi connectivity index (χ3n) is 10.5. The Labute approximate surface area is 307 Å². The molecule has 3 fully saturated rings. The highest BCUT2D eigenvalue weighted by Crippen LogP contribution is 2.46. The van der Waals surface area contributed by atoms with Crippen molar-refractivity contribution in [2.75, 3.05) is 32.9 Å². The van der Waals surface area contributed by atoms with Crippen molar-refractivity contribution in [3.63, 3.8) is 0 Å². The van der Waals surface area contributed by atoms with Crippen LogP contribution in [0.25, 0.3) is 10.9 Å². The maximum atomic E-state index is 14.4. The van der Waals surface area contributed by atoms with Gasteiger partial charge in [0.05, 0.1) is 18.5 Å². The Morgan fingerprint density at radius 1 is 0.981 bits per heavy atom. The van der Waals surface area contributed by atoms with Crippen LogP contribution in [0.4, 0.5) is 4.79 Å². The largest absolute Gasteiger partial charge is 0.489 e. The molecule has 0 unspecified atom stereocenters. The number of carbonyl (C=O) groups is 5. The molecule has 6 amide bonds. The molecule has 0 spiro atoms. The van der Waals surface area contributed by atoms with E-state index >= 15 is 0 Å². The van der Waals surface area contributed by atoms with Crippen molar-refractivity contribution >= 4 is 50.6 Å². The van der Waals surface area contributed by atoms with Crippen LogP contribution in [0.2, 0.25) is 0 Å². The Hall–Kier alpha value is -4.77. The number of sulfonamides is 1. The van der Waals surface area contributed by atoms with Gasteiger partial charge in [0.2, 0.25) is 21.8 Å². The lowest BCUT2D eigenvalue weighted by molar-refractivity contribution is -0.141. The number of carbonyl (C=O) groups excluding carboxylic acids is 5. The number of hydrogen-bond acceptors (Lipinski definition) is 10. The molecule has 17 heteroatoms. The number of fused-ring (bicyclic) bond motifs is 4. The molecule has 1 aromatic heterocycles. The third kappa shape index (κ3) is 8.25. The molecule has 5 bridgehead atoms. The highest BCUT2D eigenvalue weighted by Gasteiger charge is 2.62. The van der Waals surface area contributed by atoms with Crippen LogP contribution in [-0.2, 0) is 29.1 Å². The van der Waals surface area contributed by atoms with Gasteiger partial charge in [-0.25, -0.2) is 18.2 Å². The van der Waals surface area contributed by atoms with Gasteiger partial charge in [0, 0.05) is 30.4 Å². The Morgan fingerprint density at radius 3 is 2.66 bits per heavy atom. The maximum absolute atomic E-state index is 14.4. The van der Waals surface area contributed by atoms with E-state index in [2.05, 4.69) is 31.0 Å². The quantitative estimate of drug-likeness (QED) is 0.281. The number of hydrogen-bond donors (Lipinski definition) is 5. The number of para-hydroxylation sites is 1.